The molecule has 0 nitrogen and oxygen atoms in total. The average molecular weight is 507 g/mol. The van der Waals surface area contributed by atoms with E-state index in [0.29, 0.717) is 0 Å². The van der Waals surface area contributed by atoms with E-state index in [1.54, 1.807) is 0 Å². The lowest BCUT2D eigenvalue weighted by molar-refractivity contribution is 0.449. The predicted molar refractivity (Wildman–Crippen MR) is 168 cm³/mol. The first-order valence-corrected chi connectivity index (χ1v) is 17.8. The Morgan fingerprint density at radius 1 is 0.250 bits per heavy atom. The van der Waals surface area contributed by atoms with Gasteiger partial charge in [-0.3, -0.25) is 0 Å². The van der Waals surface area contributed by atoms with E-state index in [1.165, 1.54) is 205 Å². The molecule has 0 heteroatoms. The Labute approximate surface area is 232 Å². The van der Waals surface area contributed by atoms with Crippen LogP contribution in [-0.4, -0.2) is 0 Å². The minimum atomic E-state index is 0.962. The summed E-state index contributed by atoms with van der Waals surface area (Å²) in [6.45, 7) is 7.06. The lowest BCUT2D eigenvalue weighted by Crippen LogP contribution is -1.93. The van der Waals surface area contributed by atoms with Crippen molar-refractivity contribution in [2.45, 2.75) is 226 Å². The molecule has 0 saturated carbocycles. The molecule has 0 heterocycles. The van der Waals surface area contributed by atoms with E-state index in [4.69, 9.17) is 0 Å². The minimum absolute atomic E-state index is 0.962. The van der Waals surface area contributed by atoms with E-state index in [-0.39, 0.29) is 0 Å². The van der Waals surface area contributed by atoms with Gasteiger partial charge in [0.25, 0.3) is 0 Å². The molecule has 0 spiro atoms. The molecule has 0 bridgehead atoms. The van der Waals surface area contributed by atoms with Crippen LogP contribution in [0.3, 0.4) is 0 Å². The molecule has 0 fully saturated rings. The van der Waals surface area contributed by atoms with Crippen LogP contribution in [-0.2, 0) is 0 Å². The molecule has 0 aromatic heterocycles. The second kappa shape index (κ2) is 33.0. The van der Waals surface area contributed by atoms with Gasteiger partial charge in [0.2, 0.25) is 0 Å². The van der Waals surface area contributed by atoms with Crippen molar-refractivity contribution in [3.05, 3.63) is 0 Å². The van der Waals surface area contributed by atoms with Crippen LogP contribution >= 0.6 is 0 Å². The van der Waals surface area contributed by atoms with E-state index >= 15 is 0 Å². The third kappa shape index (κ3) is 32.0. The summed E-state index contributed by atoms with van der Waals surface area (Å²) in [5.74, 6) is 0.962. The van der Waals surface area contributed by atoms with Crippen LogP contribution < -0.4 is 0 Å². The number of hydrogen-bond donors (Lipinski definition) is 0. The fourth-order valence-electron chi connectivity index (χ4n) is 5.98. The molecule has 36 heavy (non-hydrogen) atoms. The van der Waals surface area contributed by atoms with Gasteiger partial charge in [0.05, 0.1) is 0 Å². The first-order valence-electron chi connectivity index (χ1n) is 17.8. The summed E-state index contributed by atoms with van der Waals surface area (Å²) < 4.78 is 0. The fourth-order valence-corrected chi connectivity index (χ4v) is 5.98. The minimum Gasteiger partial charge on any atom is -0.0654 e. The Bertz CT molecular complexity index is 359. The van der Waals surface area contributed by atoms with E-state index in [9.17, 15) is 0 Å². The van der Waals surface area contributed by atoms with Crippen LogP contribution in [0, 0.1) is 5.92 Å². The molecular formula is C36H74. The average Bonchev–Trinajstić information content (AvgIpc) is 2.88. The zero-order chi connectivity index (χ0) is 26.2. The Morgan fingerprint density at radius 2 is 0.472 bits per heavy atom. The summed E-state index contributed by atoms with van der Waals surface area (Å²) in [7, 11) is 0. The summed E-state index contributed by atoms with van der Waals surface area (Å²) in [6, 6.07) is 0. The van der Waals surface area contributed by atoms with Crippen molar-refractivity contribution in [2.24, 2.45) is 5.92 Å². The maximum absolute atomic E-state index is 2.44. The quantitative estimate of drug-likeness (QED) is 0.0795. The molecule has 0 radical (unpaired) electrons. The number of unbranched alkanes of at least 4 members (excludes halogenated alkanes) is 28. The molecule has 0 amide bonds. The highest BCUT2D eigenvalue weighted by atomic mass is 14.1. The summed E-state index contributed by atoms with van der Waals surface area (Å²) in [5.41, 5.74) is 0. The Morgan fingerprint density at radius 3 is 0.694 bits per heavy atom. The first kappa shape index (κ1) is 36.0. The molecule has 0 rings (SSSR count). The highest BCUT2D eigenvalue weighted by Gasteiger charge is 2.00. The van der Waals surface area contributed by atoms with Crippen LogP contribution in [0.4, 0.5) is 0 Å². The molecule has 1 atom stereocenters. The molecule has 0 aliphatic rings. The van der Waals surface area contributed by atoms with E-state index < -0.39 is 0 Å². The lowest BCUT2D eigenvalue weighted by atomic mass is 9.98. The standard InChI is InChI=1S/C36H74/c1-4-6-7-8-9-10-11-12-13-14-15-16-17-18-19-20-21-22-23-24-25-26-27-28-29-30-31-32-33-35-36(3)34-5-2/h36H,4-35H2,1-3H3. The Balaban J connectivity index is 3.03. The zero-order valence-electron chi connectivity index (χ0n) is 26.2. The smallest absolute Gasteiger partial charge is 0.0443 e. The Hall–Kier alpha value is 0. The molecule has 218 valence electrons. The topological polar surface area (TPSA) is 0 Å². The van der Waals surface area contributed by atoms with Crippen molar-refractivity contribution in [3.8, 4) is 0 Å². The molecule has 0 saturated heterocycles. The van der Waals surface area contributed by atoms with Gasteiger partial charge in [-0.2, -0.15) is 0 Å². The molecule has 0 aliphatic carbocycles. The summed E-state index contributed by atoms with van der Waals surface area (Å²) >= 11 is 0. The van der Waals surface area contributed by atoms with Crippen LogP contribution in [0.1, 0.15) is 226 Å². The van der Waals surface area contributed by atoms with Gasteiger partial charge >= 0.3 is 0 Å². The lowest BCUT2D eigenvalue weighted by Gasteiger charge is -2.09. The molecular weight excluding hydrogens is 432 g/mol. The molecule has 0 aliphatic heterocycles. The third-order valence-electron chi connectivity index (χ3n) is 8.58. The summed E-state index contributed by atoms with van der Waals surface area (Å²) in [5, 5.41) is 0. The molecule has 0 N–H and O–H groups in total. The van der Waals surface area contributed by atoms with Gasteiger partial charge in [-0.1, -0.05) is 226 Å². The van der Waals surface area contributed by atoms with Gasteiger partial charge < -0.3 is 0 Å². The van der Waals surface area contributed by atoms with Crippen LogP contribution in [0.2, 0.25) is 0 Å². The van der Waals surface area contributed by atoms with Gasteiger partial charge in [-0.25, -0.2) is 0 Å². The van der Waals surface area contributed by atoms with Crippen molar-refractivity contribution < 1.29 is 0 Å². The maximum atomic E-state index is 2.44. The van der Waals surface area contributed by atoms with Crippen molar-refractivity contribution in [2.75, 3.05) is 0 Å². The number of hydrogen-bond acceptors (Lipinski definition) is 0. The van der Waals surface area contributed by atoms with Gasteiger partial charge in [-0.05, 0) is 5.92 Å². The van der Waals surface area contributed by atoms with Crippen LogP contribution in [0.15, 0.2) is 0 Å². The van der Waals surface area contributed by atoms with Gasteiger partial charge in [-0.15, -0.1) is 0 Å². The van der Waals surface area contributed by atoms with E-state index in [1.807, 2.05) is 0 Å². The first-order chi connectivity index (χ1) is 17.8. The number of rotatable bonds is 32. The SMILES string of the molecule is CCCCCCCCCCCCCCCCCCCCCCCCCCCCCCCC(C)CCC. The Kier molecular flexibility index (Phi) is 33.0. The zero-order valence-corrected chi connectivity index (χ0v) is 26.2. The fraction of sp³-hybridized carbons (Fsp3) is 1.00. The summed E-state index contributed by atoms with van der Waals surface area (Å²) in [6.07, 6.45) is 47.3. The maximum Gasteiger partial charge on any atom is -0.0443 e. The highest BCUT2D eigenvalue weighted by Crippen LogP contribution is 2.18. The monoisotopic (exact) mass is 507 g/mol. The van der Waals surface area contributed by atoms with Crippen molar-refractivity contribution in [3.63, 3.8) is 0 Å². The van der Waals surface area contributed by atoms with Crippen LogP contribution in [0.25, 0.3) is 0 Å². The summed E-state index contributed by atoms with van der Waals surface area (Å²) in [4.78, 5) is 0. The largest absolute Gasteiger partial charge is 0.0654 e. The molecule has 0 aromatic carbocycles. The highest BCUT2D eigenvalue weighted by molar-refractivity contribution is 4.54. The van der Waals surface area contributed by atoms with Crippen molar-refractivity contribution in [1.29, 1.82) is 0 Å². The van der Waals surface area contributed by atoms with Gasteiger partial charge in [0.15, 0.2) is 0 Å². The molecule has 0 aromatic rings. The predicted octanol–water partition coefficient (Wildman–Crippen LogP) is 14.1. The third-order valence-corrected chi connectivity index (χ3v) is 8.58. The second-order valence-electron chi connectivity index (χ2n) is 12.6. The van der Waals surface area contributed by atoms with Crippen LogP contribution in [0.5, 0.6) is 0 Å². The molecule has 1 unspecified atom stereocenters. The van der Waals surface area contributed by atoms with E-state index in [0.717, 1.165) is 5.92 Å². The van der Waals surface area contributed by atoms with Gasteiger partial charge in [0.1, 0.15) is 0 Å². The van der Waals surface area contributed by atoms with Crippen molar-refractivity contribution in [1.82, 2.24) is 0 Å². The second-order valence-corrected chi connectivity index (χ2v) is 12.6. The van der Waals surface area contributed by atoms with Crippen molar-refractivity contribution >= 4 is 0 Å². The normalized spacial score (nSPS) is 12.4. The van der Waals surface area contributed by atoms with E-state index in [2.05, 4.69) is 20.8 Å². The van der Waals surface area contributed by atoms with Gasteiger partial charge in [0, 0.05) is 0 Å².